The van der Waals surface area contributed by atoms with Crippen molar-refractivity contribution in [2.45, 2.75) is 6.54 Å². The lowest BCUT2D eigenvalue weighted by molar-refractivity contribution is 0.0570. The molecule has 31 heavy (non-hydrogen) atoms. The van der Waals surface area contributed by atoms with Gasteiger partial charge >= 0.3 is 0 Å². The zero-order valence-corrected chi connectivity index (χ0v) is 18.8. The lowest BCUT2D eigenvalue weighted by Crippen LogP contribution is -2.50. The lowest BCUT2D eigenvalue weighted by atomic mass is 9.94. The Labute approximate surface area is 190 Å². The van der Waals surface area contributed by atoms with Crippen LogP contribution < -0.4 is 0 Å². The Bertz CT molecular complexity index is 1090. The number of rotatable bonds is 5. The van der Waals surface area contributed by atoms with E-state index < -0.39 is 0 Å². The fourth-order valence-corrected chi connectivity index (χ4v) is 4.81. The van der Waals surface area contributed by atoms with Crippen LogP contribution in [0.4, 0.5) is 0 Å². The molecule has 2 amide bonds. The van der Waals surface area contributed by atoms with Crippen LogP contribution in [0.2, 0.25) is 0 Å². The fraction of sp³-hybridized carbons (Fsp3) is 0.280. The summed E-state index contributed by atoms with van der Waals surface area (Å²) in [5.74, 6) is -0.355. The number of benzene rings is 3. The van der Waals surface area contributed by atoms with E-state index in [1.807, 2.05) is 36.4 Å². The van der Waals surface area contributed by atoms with Gasteiger partial charge in [0.2, 0.25) is 0 Å². The van der Waals surface area contributed by atoms with Gasteiger partial charge in [0.25, 0.3) is 11.8 Å². The molecule has 0 spiro atoms. The zero-order chi connectivity index (χ0) is 21.4. The van der Waals surface area contributed by atoms with Crippen molar-refractivity contribution in [2.24, 2.45) is 0 Å². The first kappa shape index (κ1) is 20.4. The molecule has 5 nitrogen and oxygen atoms in total. The van der Waals surface area contributed by atoms with Gasteiger partial charge in [-0.25, -0.2) is 0 Å². The fourth-order valence-electron chi connectivity index (χ4n) is 4.54. The number of carbonyl (C=O) groups is 2. The van der Waals surface area contributed by atoms with Crippen LogP contribution in [0.1, 0.15) is 26.3 Å². The van der Waals surface area contributed by atoms with Crippen LogP contribution in [0.25, 0.3) is 10.8 Å². The molecule has 0 atom stereocenters. The SMILES string of the molecule is O=C1c2cccc3cccc(c23)C(=O)N1CCN1CCN(Cc2ccc(Br)cc2)CC1. The highest BCUT2D eigenvalue weighted by molar-refractivity contribution is 9.10. The lowest BCUT2D eigenvalue weighted by Gasteiger charge is -2.36. The predicted octanol–water partition coefficient (Wildman–Crippen LogP) is 4.02. The molecule has 2 aliphatic heterocycles. The van der Waals surface area contributed by atoms with Crippen molar-refractivity contribution in [3.05, 3.63) is 81.8 Å². The number of amides is 2. The average Bonchev–Trinajstić information content (AvgIpc) is 2.80. The van der Waals surface area contributed by atoms with E-state index in [9.17, 15) is 9.59 Å². The number of imide groups is 1. The van der Waals surface area contributed by atoms with Gasteiger partial charge < -0.3 is 0 Å². The monoisotopic (exact) mass is 477 g/mol. The van der Waals surface area contributed by atoms with E-state index in [4.69, 9.17) is 0 Å². The van der Waals surface area contributed by atoms with Crippen molar-refractivity contribution in [3.63, 3.8) is 0 Å². The summed E-state index contributed by atoms with van der Waals surface area (Å²) in [7, 11) is 0. The van der Waals surface area contributed by atoms with Crippen LogP contribution in [0, 0.1) is 0 Å². The molecule has 6 heteroatoms. The molecule has 0 N–H and O–H groups in total. The van der Waals surface area contributed by atoms with Crippen LogP contribution in [0.3, 0.4) is 0 Å². The third-order valence-corrected chi connectivity index (χ3v) is 6.81. The van der Waals surface area contributed by atoms with Gasteiger partial charge in [-0.15, -0.1) is 0 Å². The van der Waals surface area contributed by atoms with Crippen molar-refractivity contribution < 1.29 is 9.59 Å². The summed E-state index contributed by atoms with van der Waals surface area (Å²) in [6.07, 6.45) is 0. The van der Waals surface area contributed by atoms with Crippen molar-refractivity contribution in [1.29, 1.82) is 0 Å². The van der Waals surface area contributed by atoms with Gasteiger partial charge in [-0.2, -0.15) is 0 Å². The molecule has 3 aromatic rings. The van der Waals surface area contributed by atoms with Gasteiger partial charge in [-0.3, -0.25) is 24.3 Å². The first-order chi connectivity index (χ1) is 15.1. The van der Waals surface area contributed by atoms with Crippen LogP contribution in [0.15, 0.2) is 65.1 Å². The van der Waals surface area contributed by atoms with Crippen LogP contribution >= 0.6 is 15.9 Å². The summed E-state index contributed by atoms with van der Waals surface area (Å²) in [5, 5.41) is 1.73. The summed E-state index contributed by atoms with van der Waals surface area (Å²) in [6, 6.07) is 19.8. The number of hydrogen-bond donors (Lipinski definition) is 0. The van der Waals surface area contributed by atoms with Crippen molar-refractivity contribution in [3.8, 4) is 0 Å². The summed E-state index contributed by atoms with van der Waals surface area (Å²) in [6.45, 7) is 5.94. The third-order valence-electron chi connectivity index (χ3n) is 6.28. The van der Waals surface area contributed by atoms with Crippen LogP contribution in [-0.2, 0) is 6.54 Å². The molecule has 0 bridgehead atoms. The molecule has 0 radical (unpaired) electrons. The Kier molecular flexibility index (Phi) is 5.61. The van der Waals surface area contributed by atoms with Crippen LogP contribution in [-0.4, -0.2) is 65.8 Å². The van der Waals surface area contributed by atoms with Crippen LogP contribution in [0.5, 0.6) is 0 Å². The normalized spacial score (nSPS) is 17.5. The second-order valence-corrected chi connectivity index (χ2v) is 9.13. The first-order valence-corrected chi connectivity index (χ1v) is 11.5. The van der Waals surface area contributed by atoms with E-state index in [0.29, 0.717) is 24.2 Å². The van der Waals surface area contributed by atoms with E-state index in [-0.39, 0.29) is 11.8 Å². The number of carbonyl (C=O) groups excluding carboxylic acids is 2. The Balaban J connectivity index is 1.20. The maximum atomic E-state index is 13.0. The number of hydrogen-bond acceptors (Lipinski definition) is 4. The van der Waals surface area contributed by atoms with Crippen molar-refractivity contribution in [2.75, 3.05) is 39.3 Å². The predicted molar refractivity (Wildman–Crippen MR) is 125 cm³/mol. The Morgan fingerprint density at radius 3 is 1.90 bits per heavy atom. The van der Waals surface area contributed by atoms with Gasteiger partial charge in [0.1, 0.15) is 0 Å². The van der Waals surface area contributed by atoms with E-state index in [2.05, 4.69) is 50.0 Å². The third kappa shape index (κ3) is 4.03. The van der Waals surface area contributed by atoms with Gasteiger partial charge in [0.05, 0.1) is 0 Å². The number of nitrogens with zero attached hydrogens (tertiary/aromatic N) is 3. The van der Waals surface area contributed by atoms with Gasteiger partial charge in [-0.05, 0) is 35.2 Å². The summed E-state index contributed by atoms with van der Waals surface area (Å²) in [5.41, 5.74) is 2.58. The minimum Gasteiger partial charge on any atom is -0.299 e. The maximum Gasteiger partial charge on any atom is 0.261 e. The number of halogens is 1. The largest absolute Gasteiger partial charge is 0.299 e. The Morgan fingerprint density at radius 1 is 0.710 bits per heavy atom. The minimum absolute atomic E-state index is 0.178. The van der Waals surface area contributed by atoms with Crippen molar-refractivity contribution in [1.82, 2.24) is 14.7 Å². The second-order valence-electron chi connectivity index (χ2n) is 8.22. The molecule has 0 unspecified atom stereocenters. The summed E-state index contributed by atoms with van der Waals surface area (Å²) >= 11 is 3.48. The molecule has 0 saturated carbocycles. The Hall–Kier alpha value is -2.54. The average molecular weight is 478 g/mol. The molecule has 5 rings (SSSR count). The molecule has 3 aromatic carbocycles. The highest BCUT2D eigenvalue weighted by atomic mass is 79.9. The molecule has 1 fully saturated rings. The van der Waals surface area contributed by atoms with Gasteiger partial charge in [-0.1, -0.05) is 52.3 Å². The van der Waals surface area contributed by atoms with E-state index in [1.54, 1.807) is 0 Å². The Morgan fingerprint density at radius 2 is 1.29 bits per heavy atom. The standard InChI is InChI=1S/C25H24BrN3O2/c26-20-9-7-18(8-10-20)17-28-13-11-27(12-14-28)15-16-29-24(30)21-5-1-3-19-4-2-6-22(23(19)21)25(29)31/h1-10H,11-17H2. The van der Waals surface area contributed by atoms with Gasteiger partial charge in [0.15, 0.2) is 0 Å². The van der Waals surface area contributed by atoms with Crippen molar-refractivity contribution >= 4 is 38.5 Å². The summed E-state index contributed by atoms with van der Waals surface area (Å²) < 4.78 is 1.10. The van der Waals surface area contributed by atoms with E-state index in [1.165, 1.54) is 10.5 Å². The molecular formula is C25H24BrN3O2. The summed E-state index contributed by atoms with van der Waals surface area (Å²) in [4.78, 5) is 32.3. The van der Waals surface area contributed by atoms with Gasteiger partial charge in [0, 0.05) is 66.8 Å². The topological polar surface area (TPSA) is 43.9 Å². The highest BCUT2D eigenvalue weighted by Gasteiger charge is 2.32. The molecule has 158 valence electrons. The second kappa shape index (κ2) is 8.54. The smallest absolute Gasteiger partial charge is 0.261 e. The quantitative estimate of drug-likeness (QED) is 0.520. The molecule has 1 saturated heterocycles. The molecular weight excluding hydrogens is 454 g/mol. The molecule has 2 aliphatic rings. The molecule has 0 aliphatic carbocycles. The highest BCUT2D eigenvalue weighted by Crippen LogP contribution is 2.29. The zero-order valence-electron chi connectivity index (χ0n) is 17.3. The van der Waals surface area contributed by atoms with E-state index in [0.717, 1.165) is 48.0 Å². The molecule has 0 aromatic heterocycles. The maximum absolute atomic E-state index is 13.0. The number of piperazine rings is 1. The van der Waals surface area contributed by atoms with E-state index >= 15 is 0 Å². The molecule has 2 heterocycles. The first-order valence-electron chi connectivity index (χ1n) is 10.7. The minimum atomic E-state index is -0.178.